The molecule has 84 valence electrons. The summed E-state index contributed by atoms with van der Waals surface area (Å²) in [5, 5.41) is 13.8. The molecule has 5 nitrogen and oxygen atoms in total. The van der Waals surface area contributed by atoms with E-state index < -0.39 is 4.92 Å². The highest BCUT2D eigenvalue weighted by molar-refractivity contribution is 9.10. The first-order valence-electron chi connectivity index (χ1n) is 4.83. The highest BCUT2D eigenvalue weighted by Gasteiger charge is 2.18. The van der Waals surface area contributed by atoms with E-state index in [9.17, 15) is 10.1 Å². The molecule has 0 saturated heterocycles. The Labute approximate surface area is 101 Å². The zero-order valence-electron chi connectivity index (χ0n) is 8.61. The minimum atomic E-state index is -0.416. The Morgan fingerprint density at radius 2 is 2.38 bits per heavy atom. The van der Waals surface area contributed by atoms with Crippen LogP contribution in [0.25, 0.3) is 0 Å². The third-order valence-electron chi connectivity index (χ3n) is 2.32. The zero-order chi connectivity index (χ0) is 11.7. The molecule has 1 unspecified atom stereocenters. The Hall–Kier alpha value is -1.43. The largest absolute Gasteiger partial charge is 0.366 e. The fourth-order valence-corrected chi connectivity index (χ4v) is 2.08. The Morgan fingerprint density at radius 3 is 2.88 bits per heavy atom. The number of rotatable bonds is 2. The Balaban J connectivity index is 2.33. The second kappa shape index (κ2) is 4.21. The second-order valence-electron chi connectivity index (χ2n) is 3.66. The summed E-state index contributed by atoms with van der Waals surface area (Å²) in [7, 11) is 0. The van der Waals surface area contributed by atoms with Gasteiger partial charge in [0.25, 0.3) is 5.69 Å². The monoisotopic (exact) mass is 283 g/mol. The molecule has 1 aliphatic rings. The van der Waals surface area contributed by atoms with Crippen LogP contribution in [0.2, 0.25) is 0 Å². The number of amidine groups is 1. The molecule has 0 bridgehead atoms. The standard InChI is InChI=1S/C10H10BrN3O2/c1-6-5-12-10(13-6)8-3-2-7(14(15)16)4-9(8)11/h2-4,6H,5H2,1H3,(H,12,13). The van der Waals surface area contributed by atoms with Crippen LogP contribution in [0.15, 0.2) is 27.7 Å². The molecule has 1 aromatic rings. The lowest BCUT2D eigenvalue weighted by molar-refractivity contribution is -0.384. The van der Waals surface area contributed by atoms with Gasteiger partial charge in [-0.25, -0.2) is 0 Å². The van der Waals surface area contributed by atoms with Gasteiger partial charge in [0.05, 0.1) is 11.5 Å². The van der Waals surface area contributed by atoms with Crippen molar-refractivity contribution in [1.82, 2.24) is 5.32 Å². The number of halogens is 1. The van der Waals surface area contributed by atoms with E-state index in [4.69, 9.17) is 0 Å². The summed E-state index contributed by atoms with van der Waals surface area (Å²) in [4.78, 5) is 14.5. The number of benzene rings is 1. The van der Waals surface area contributed by atoms with Crippen molar-refractivity contribution in [3.63, 3.8) is 0 Å². The van der Waals surface area contributed by atoms with Crippen LogP contribution in [0.5, 0.6) is 0 Å². The third-order valence-corrected chi connectivity index (χ3v) is 2.98. The van der Waals surface area contributed by atoms with E-state index in [0.717, 1.165) is 17.9 Å². The molecule has 1 aliphatic heterocycles. The maximum absolute atomic E-state index is 10.6. The molecule has 1 N–H and O–H groups in total. The zero-order valence-corrected chi connectivity index (χ0v) is 10.2. The van der Waals surface area contributed by atoms with Crippen LogP contribution in [0, 0.1) is 10.1 Å². The lowest BCUT2D eigenvalue weighted by atomic mass is 10.2. The second-order valence-corrected chi connectivity index (χ2v) is 4.51. The van der Waals surface area contributed by atoms with Crippen LogP contribution >= 0.6 is 15.9 Å². The molecular weight excluding hydrogens is 274 g/mol. The van der Waals surface area contributed by atoms with Crippen molar-refractivity contribution in [1.29, 1.82) is 0 Å². The number of nitro groups is 1. The number of aliphatic imine (C=N–C) groups is 1. The molecule has 0 spiro atoms. The maximum atomic E-state index is 10.6. The molecule has 1 aromatic carbocycles. The Bertz CT molecular complexity index is 473. The summed E-state index contributed by atoms with van der Waals surface area (Å²) in [6.07, 6.45) is 0. The first kappa shape index (κ1) is 11.1. The summed E-state index contributed by atoms with van der Waals surface area (Å²) in [6, 6.07) is 4.99. The van der Waals surface area contributed by atoms with Crippen LogP contribution in [-0.4, -0.2) is 23.3 Å². The number of hydrogen-bond acceptors (Lipinski definition) is 4. The summed E-state index contributed by atoms with van der Waals surface area (Å²) in [6.45, 7) is 2.77. The van der Waals surface area contributed by atoms with Crippen molar-refractivity contribution >= 4 is 27.5 Å². The van der Waals surface area contributed by atoms with Gasteiger partial charge in [0.2, 0.25) is 0 Å². The molecule has 0 radical (unpaired) electrons. The van der Waals surface area contributed by atoms with Crippen molar-refractivity contribution in [2.75, 3.05) is 6.54 Å². The quantitative estimate of drug-likeness (QED) is 0.668. The number of non-ortho nitro benzene ring substituents is 1. The van der Waals surface area contributed by atoms with E-state index in [0.29, 0.717) is 10.5 Å². The van der Waals surface area contributed by atoms with Gasteiger partial charge in [-0.15, -0.1) is 0 Å². The van der Waals surface area contributed by atoms with E-state index in [1.54, 1.807) is 6.07 Å². The highest BCUT2D eigenvalue weighted by atomic mass is 79.9. The normalized spacial score (nSPS) is 19.1. The summed E-state index contributed by atoms with van der Waals surface area (Å²) < 4.78 is 0.682. The lowest BCUT2D eigenvalue weighted by Crippen LogP contribution is -2.27. The van der Waals surface area contributed by atoms with E-state index >= 15 is 0 Å². The highest BCUT2D eigenvalue weighted by Crippen LogP contribution is 2.24. The molecule has 2 rings (SSSR count). The van der Waals surface area contributed by atoms with Crippen LogP contribution in [0.3, 0.4) is 0 Å². The number of nitrogens with one attached hydrogen (secondary N) is 1. The Kier molecular flexibility index (Phi) is 2.91. The van der Waals surface area contributed by atoms with Crippen molar-refractivity contribution < 1.29 is 4.92 Å². The van der Waals surface area contributed by atoms with Gasteiger partial charge in [-0.05, 0) is 28.9 Å². The van der Waals surface area contributed by atoms with E-state index in [2.05, 4.69) is 26.2 Å². The molecule has 0 amide bonds. The SMILES string of the molecule is CC1CN=C(c2ccc([N+](=O)[O-])cc2Br)N1. The van der Waals surface area contributed by atoms with E-state index in [-0.39, 0.29) is 5.69 Å². The molecule has 1 heterocycles. The fourth-order valence-electron chi connectivity index (χ4n) is 1.53. The molecule has 0 aromatic heterocycles. The minimum Gasteiger partial charge on any atom is -0.366 e. The lowest BCUT2D eigenvalue weighted by Gasteiger charge is -2.07. The molecule has 6 heteroatoms. The molecule has 0 fully saturated rings. The van der Waals surface area contributed by atoms with Gasteiger partial charge >= 0.3 is 0 Å². The first-order valence-corrected chi connectivity index (χ1v) is 5.62. The van der Waals surface area contributed by atoms with Crippen LogP contribution < -0.4 is 5.32 Å². The van der Waals surface area contributed by atoms with Crippen molar-refractivity contribution in [3.8, 4) is 0 Å². The first-order chi connectivity index (χ1) is 7.58. The van der Waals surface area contributed by atoms with Gasteiger partial charge in [0.15, 0.2) is 0 Å². The summed E-state index contributed by atoms with van der Waals surface area (Å²) in [5.41, 5.74) is 0.928. The van der Waals surface area contributed by atoms with Crippen molar-refractivity contribution in [3.05, 3.63) is 38.3 Å². The van der Waals surface area contributed by atoms with Gasteiger partial charge in [0, 0.05) is 28.2 Å². The van der Waals surface area contributed by atoms with E-state index in [1.807, 2.05) is 6.92 Å². The number of hydrogen-bond donors (Lipinski definition) is 1. The Morgan fingerprint density at radius 1 is 1.62 bits per heavy atom. The van der Waals surface area contributed by atoms with Crippen LogP contribution in [0.4, 0.5) is 5.69 Å². The fraction of sp³-hybridized carbons (Fsp3) is 0.300. The van der Waals surface area contributed by atoms with E-state index in [1.165, 1.54) is 12.1 Å². The average Bonchev–Trinajstić information content (AvgIpc) is 2.64. The molecule has 1 atom stereocenters. The number of nitrogens with zero attached hydrogens (tertiary/aromatic N) is 2. The van der Waals surface area contributed by atoms with Gasteiger partial charge < -0.3 is 5.32 Å². The smallest absolute Gasteiger partial charge is 0.270 e. The van der Waals surface area contributed by atoms with Gasteiger partial charge in [-0.3, -0.25) is 15.1 Å². The van der Waals surface area contributed by atoms with Gasteiger partial charge in [-0.1, -0.05) is 0 Å². The number of nitro benzene ring substituents is 1. The molecule has 0 saturated carbocycles. The van der Waals surface area contributed by atoms with Crippen molar-refractivity contribution in [2.45, 2.75) is 13.0 Å². The molecular formula is C10H10BrN3O2. The van der Waals surface area contributed by atoms with Gasteiger partial charge in [0.1, 0.15) is 5.84 Å². The molecule has 0 aliphatic carbocycles. The van der Waals surface area contributed by atoms with Crippen molar-refractivity contribution in [2.24, 2.45) is 4.99 Å². The van der Waals surface area contributed by atoms with Gasteiger partial charge in [-0.2, -0.15) is 0 Å². The minimum absolute atomic E-state index is 0.0715. The maximum Gasteiger partial charge on any atom is 0.270 e. The predicted octanol–water partition coefficient (Wildman–Crippen LogP) is 2.10. The third kappa shape index (κ3) is 2.06. The van der Waals surface area contributed by atoms with Crippen LogP contribution in [-0.2, 0) is 0 Å². The topological polar surface area (TPSA) is 67.5 Å². The van der Waals surface area contributed by atoms with Crippen LogP contribution in [0.1, 0.15) is 12.5 Å². The average molecular weight is 284 g/mol. The predicted molar refractivity (Wildman–Crippen MR) is 64.8 cm³/mol. The summed E-state index contributed by atoms with van der Waals surface area (Å²) in [5.74, 6) is 0.786. The summed E-state index contributed by atoms with van der Waals surface area (Å²) >= 11 is 3.32. The molecule has 16 heavy (non-hydrogen) atoms.